The highest BCUT2D eigenvalue weighted by atomic mass is 16.6. The fourth-order valence-electron chi connectivity index (χ4n) is 2.52. The van der Waals surface area contributed by atoms with Crippen molar-refractivity contribution in [3.05, 3.63) is 40.8 Å². The smallest absolute Gasteiger partial charge is 0.407 e. The van der Waals surface area contributed by atoms with Gasteiger partial charge >= 0.3 is 6.09 Å². The lowest BCUT2D eigenvalue weighted by atomic mass is 10.0. The predicted octanol–water partition coefficient (Wildman–Crippen LogP) is 3.12. The molecule has 0 aliphatic carbocycles. The van der Waals surface area contributed by atoms with E-state index in [1.807, 2.05) is 44.2 Å². The molecule has 0 aliphatic heterocycles. The number of ether oxygens (including phenoxy) is 1. The molecule has 0 unspecified atom stereocenters. The van der Waals surface area contributed by atoms with E-state index in [9.17, 15) is 14.8 Å². The van der Waals surface area contributed by atoms with Gasteiger partial charge in [0.1, 0.15) is 5.60 Å². The Bertz CT molecular complexity index is 558. The van der Waals surface area contributed by atoms with Crippen LogP contribution in [-0.2, 0) is 11.2 Å². The average Bonchev–Trinajstić information content (AvgIpc) is 2.52. The molecule has 7 heteroatoms. The second-order valence-corrected chi connectivity index (χ2v) is 7.86. The van der Waals surface area contributed by atoms with Gasteiger partial charge in [-0.15, -0.1) is 4.91 Å². The zero-order valence-electron chi connectivity index (χ0n) is 16.3. The molecule has 146 valence electrons. The summed E-state index contributed by atoms with van der Waals surface area (Å²) in [6.45, 7) is 9.72. The molecule has 1 rings (SSSR count). The zero-order valence-corrected chi connectivity index (χ0v) is 16.3. The first-order valence-electron chi connectivity index (χ1n) is 8.90. The summed E-state index contributed by atoms with van der Waals surface area (Å²) in [7, 11) is 0. The molecule has 1 aromatic rings. The maximum absolute atomic E-state index is 12.2. The van der Waals surface area contributed by atoms with E-state index in [4.69, 9.17) is 4.74 Å². The number of nitrogens with one attached hydrogen (secondary N) is 1. The Labute approximate surface area is 155 Å². The highest BCUT2D eigenvalue weighted by Gasteiger charge is 2.26. The van der Waals surface area contributed by atoms with Gasteiger partial charge in [-0.3, -0.25) is 5.01 Å². The molecule has 0 aromatic heterocycles. The molecule has 0 aliphatic rings. The van der Waals surface area contributed by atoms with E-state index >= 15 is 0 Å². The number of benzene rings is 1. The van der Waals surface area contributed by atoms with Crippen LogP contribution in [0.15, 0.2) is 35.6 Å². The third kappa shape index (κ3) is 8.80. The molecular formula is C19H31N3O4. The second kappa shape index (κ2) is 10.1. The summed E-state index contributed by atoms with van der Waals surface area (Å²) in [6, 6.07) is 8.91. The molecular weight excluding hydrogens is 334 g/mol. The molecule has 0 fully saturated rings. The number of aliphatic hydroxyl groups is 1. The number of nitroso groups, excluding NO2 is 1. The number of aliphatic hydroxyl groups excluding tert-OH is 1. The van der Waals surface area contributed by atoms with Gasteiger partial charge < -0.3 is 15.2 Å². The van der Waals surface area contributed by atoms with Gasteiger partial charge in [-0.05, 0) is 38.7 Å². The highest BCUT2D eigenvalue weighted by molar-refractivity contribution is 5.68. The Balaban J connectivity index is 2.84. The van der Waals surface area contributed by atoms with E-state index in [2.05, 4.69) is 10.6 Å². The van der Waals surface area contributed by atoms with Crippen LogP contribution in [0, 0.1) is 10.8 Å². The molecule has 0 heterocycles. The summed E-state index contributed by atoms with van der Waals surface area (Å²) in [5.74, 6) is 0.228. The van der Waals surface area contributed by atoms with Gasteiger partial charge in [0.25, 0.3) is 0 Å². The maximum Gasteiger partial charge on any atom is 0.407 e. The highest BCUT2D eigenvalue weighted by Crippen LogP contribution is 2.12. The van der Waals surface area contributed by atoms with Crippen LogP contribution in [0.25, 0.3) is 0 Å². The van der Waals surface area contributed by atoms with Crippen molar-refractivity contribution in [3.63, 3.8) is 0 Å². The summed E-state index contributed by atoms with van der Waals surface area (Å²) < 4.78 is 5.29. The molecule has 0 saturated carbocycles. The van der Waals surface area contributed by atoms with Crippen LogP contribution in [0.4, 0.5) is 4.79 Å². The van der Waals surface area contributed by atoms with Gasteiger partial charge in [0, 0.05) is 6.54 Å². The lowest BCUT2D eigenvalue weighted by molar-refractivity contribution is 0.0356. The van der Waals surface area contributed by atoms with E-state index < -0.39 is 23.8 Å². The van der Waals surface area contributed by atoms with Crippen LogP contribution in [0.2, 0.25) is 0 Å². The summed E-state index contributed by atoms with van der Waals surface area (Å²) in [5, 5.41) is 17.6. The van der Waals surface area contributed by atoms with Crippen molar-refractivity contribution in [2.24, 2.45) is 11.2 Å². The molecule has 1 aromatic carbocycles. The molecule has 0 spiro atoms. The minimum atomic E-state index is -0.973. The quantitative estimate of drug-likeness (QED) is 0.518. The van der Waals surface area contributed by atoms with Crippen LogP contribution in [0.5, 0.6) is 0 Å². The molecule has 0 radical (unpaired) electrons. The number of alkyl carbamates (subject to hydrolysis) is 1. The minimum absolute atomic E-state index is 0.0367. The van der Waals surface area contributed by atoms with E-state index in [0.29, 0.717) is 13.0 Å². The fourth-order valence-corrected chi connectivity index (χ4v) is 2.52. The predicted molar refractivity (Wildman–Crippen MR) is 102 cm³/mol. The Hall–Kier alpha value is -2.15. The number of carbonyl (C=O) groups excluding carboxylic acids is 1. The fraction of sp³-hybridized carbons (Fsp3) is 0.632. The van der Waals surface area contributed by atoms with Gasteiger partial charge in [0.15, 0.2) is 0 Å². The lowest BCUT2D eigenvalue weighted by Crippen LogP contribution is -2.50. The Morgan fingerprint density at radius 3 is 2.35 bits per heavy atom. The first kappa shape index (κ1) is 21.9. The SMILES string of the molecule is CC(C)CN(C[C@@H](O)[C@H](Cc1ccccc1)NC(=O)OC(C)(C)C)N=O. The van der Waals surface area contributed by atoms with Gasteiger partial charge in [-0.25, -0.2) is 4.79 Å². The van der Waals surface area contributed by atoms with Crippen molar-refractivity contribution < 1.29 is 14.6 Å². The standard InChI is InChI=1S/C19H31N3O4/c1-14(2)12-22(21-25)13-17(23)16(11-15-9-7-6-8-10-15)20-18(24)26-19(3,4)5/h6-10,14,16-17,23H,11-13H2,1-5H3,(H,20,24)/t16-,17+/m0/s1. The third-order valence-electron chi connectivity index (χ3n) is 3.55. The Kier molecular flexibility index (Phi) is 8.51. The third-order valence-corrected chi connectivity index (χ3v) is 3.55. The number of amides is 1. The largest absolute Gasteiger partial charge is 0.444 e. The van der Waals surface area contributed by atoms with E-state index in [1.54, 1.807) is 20.8 Å². The van der Waals surface area contributed by atoms with Crippen LogP contribution in [0.1, 0.15) is 40.2 Å². The van der Waals surface area contributed by atoms with Crippen molar-refractivity contribution in [2.75, 3.05) is 13.1 Å². The van der Waals surface area contributed by atoms with E-state index in [1.165, 1.54) is 5.01 Å². The second-order valence-electron chi connectivity index (χ2n) is 7.86. The molecule has 0 saturated heterocycles. The van der Waals surface area contributed by atoms with Crippen LogP contribution in [-0.4, -0.2) is 47.0 Å². The maximum atomic E-state index is 12.2. The Morgan fingerprint density at radius 1 is 1.23 bits per heavy atom. The molecule has 0 bridgehead atoms. The molecule has 7 nitrogen and oxygen atoms in total. The van der Waals surface area contributed by atoms with Crippen molar-refractivity contribution in [2.45, 2.75) is 58.8 Å². The van der Waals surface area contributed by atoms with Crippen molar-refractivity contribution >= 4 is 6.09 Å². The molecule has 1 amide bonds. The average molecular weight is 365 g/mol. The molecule has 2 N–H and O–H groups in total. The first-order chi connectivity index (χ1) is 12.1. The number of nitrogens with zero attached hydrogens (tertiary/aromatic N) is 2. The summed E-state index contributed by atoms with van der Waals surface area (Å²) in [4.78, 5) is 23.2. The van der Waals surface area contributed by atoms with Crippen molar-refractivity contribution in [3.8, 4) is 0 Å². The van der Waals surface area contributed by atoms with Gasteiger partial charge in [-0.1, -0.05) is 44.2 Å². The lowest BCUT2D eigenvalue weighted by Gasteiger charge is -2.29. The normalized spacial score (nSPS) is 13.8. The van der Waals surface area contributed by atoms with E-state index in [-0.39, 0.29) is 12.5 Å². The number of hydrogen-bond acceptors (Lipinski definition) is 5. The first-order valence-corrected chi connectivity index (χ1v) is 8.90. The minimum Gasteiger partial charge on any atom is -0.444 e. The number of hydrogen-bond donors (Lipinski definition) is 2. The monoisotopic (exact) mass is 365 g/mol. The van der Waals surface area contributed by atoms with E-state index in [0.717, 1.165) is 5.56 Å². The molecule has 26 heavy (non-hydrogen) atoms. The molecule has 2 atom stereocenters. The number of carbonyl (C=O) groups is 1. The van der Waals surface area contributed by atoms with Gasteiger partial charge in [0.05, 0.1) is 24.0 Å². The topological polar surface area (TPSA) is 91.2 Å². The summed E-state index contributed by atoms with van der Waals surface area (Å²) in [6.07, 6.45) is -1.17. The van der Waals surface area contributed by atoms with Crippen molar-refractivity contribution in [1.29, 1.82) is 0 Å². The summed E-state index contributed by atoms with van der Waals surface area (Å²) >= 11 is 0. The summed E-state index contributed by atoms with van der Waals surface area (Å²) in [5.41, 5.74) is 0.322. The zero-order chi connectivity index (χ0) is 19.7. The van der Waals surface area contributed by atoms with Crippen molar-refractivity contribution in [1.82, 2.24) is 10.3 Å². The van der Waals surface area contributed by atoms with Gasteiger partial charge in [0.2, 0.25) is 0 Å². The van der Waals surface area contributed by atoms with Gasteiger partial charge in [-0.2, -0.15) is 0 Å². The Morgan fingerprint density at radius 2 is 1.85 bits per heavy atom. The number of rotatable bonds is 9. The van der Waals surface area contributed by atoms with Crippen LogP contribution >= 0.6 is 0 Å². The van der Waals surface area contributed by atoms with Crippen LogP contribution in [0.3, 0.4) is 0 Å². The van der Waals surface area contributed by atoms with Crippen LogP contribution < -0.4 is 5.32 Å².